The maximum Gasteiger partial charge on any atom is 0.161 e. The van der Waals surface area contributed by atoms with Crippen LogP contribution in [0.1, 0.15) is 38.2 Å². The highest BCUT2D eigenvalue weighted by Gasteiger charge is 2.21. The van der Waals surface area contributed by atoms with E-state index >= 15 is 0 Å². The molecule has 0 radical (unpaired) electrons. The van der Waals surface area contributed by atoms with Gasteiger partial charge in [0, 0.05) is 12.6 Å². The van der Waals surface area contributed by atoms with Crippen molar-refractivity contribution in [2.45, 2.75) is 45.2 Å². The molecule has 0 N–H and O–H groups in total. The Morgan fingerprint density at radius 2 is 1.95 bits per heavy atom. The Labute approximate surface area is 116 Å². The summed E-state index contributed by atoms with van der Waals surface area (Å²) in [5.41, 5.74) is 1.30. The van der Waals surface area contributed by atoms with Gasteiger partial charge in [0.1, 0.15) is 0 Å². The molecule has 1 heterocycles. The van der Waals surface area contributed by atoms with Crippen molar-refractivity contribution in [3.8, 4) is 11.5 Å². The topological polar surface area (TPSA) is 21.7 Å². The third kappa shape index (κ3) is 3.41. The third-order valence-corrected chi connectivity index (χ3v) is 4.05. The molecule has 106 valence electrons. The van der Waals surface area contributed by atoms with Gasteiger partial charge in [-0.2, -0.15) is 0 Å². The number of benzene rings is 1. The lowest BCUT2D eigenvalue weighted by atomic mass is 9.99. The molecule has 1 aliphatic heterocycles. The van der Waals surface area contributed by atoms with E-state index in [0.29, 0.717) is 0 Å². The van der Waals surface area contributed by atoms with E-state index in [2.05, 4.69) is 24.0 Å². The van der Waals surface area contributed by atoms with Crippen LogP contribution in [-0.4, -0.2) is 31.7 Å². The second-order valence-electron chi connectivity index (χ2n) is 5.22. The summed E-state index contributed by atoms with van der Waals surface area (Å²) in [5.74, 6) is 1.63. The van der Waals surface area contributed by atoms with Crippen LogP contribution in [0.2, 0.25) is 0 Å². The molecule has 0 amide bonds. The molecule has 19 heavy (non-hydrogen) atoms. The largest absolute Gasteiger partial charge is 0.493 e. The van der Waals surface area contributed by atoms with E-state index in [9.17, 15) is 0 Å². The summed E-state index contributed by atoms with van der Waals surface area (Å²) >= 11 is 0. The van der Waals surface area contributed by atoms with E-state index in [1.54, 1.807) is 14.2 Å². The lowest BCUT2D eigenvalue weighted by molar-refractivity contribution is 0.136. The molecule has 3 nitrogen and oxygen atoms in total. The highest BCUT2D eigenvalue weighted by molar-refractivity contribution is 5.42. The molecule has 0 bridgehead atoms. The number of methoxy groups -OCH3 is 2. The number of rotatable bonds is 5. The maximum absolute atomic E-state index is 5.38. The van der Waals surface area contributed by atoms with Crippen LogP contribution in [0.5, 0.6) is 11.5 Å². The predicted molar refractivity (Wildman–Crippen MR) is 77.9 cm³/mol. The van der Waals surface area contributed by atoms with Crippen LogP contribution in [0.25, 0.3) is 0 Å². The van der Waals surface area contributed by atoms with Crippen LogP contribution in [0.3, 0.4) is 0 Å². The molecule has 2 rings (SSSR count). The Hall–Kier alpha value is -1.22. The second kappa shape index (κ2) is 6.80. The number of ether oxygens (including phenoxy) is 2. The van der Waals surface area contributed by atoms with Gasteiger partial charge in [-0.1, -0.05) is 19.4 Å². The molecule has 1 aromatic carbocycles. The van der Waals surface area contributed by atoms with Crippen molar-refractivity contribution in [2.75, 3.05) is 20.8 Å². The fraction of sp³-hybridized carbons (Fsp3) is 0.625. The molecule has 0 spiro atoms. The van der Waals surface area contributed by atoms with Gasteiger partial charge in [0.05, 0.1) is 14.2 Å². The van der Waals surface area contributed by atoms with Crippen molar-refractivity contribution in [2.24, 2.45) is 0 Å². The zero-order valence-electron chi connectivity index (χ0n) is 12.3. The molecule has 1 atom stereocenters. The number of nitrogens with zero attached hydrogens (tertiary/aromatic N) is 1. The molecule has 0 aromatic heterocycles. The van der Waals surface area contributed by atoms with E-state index in [1.807, 2.05) is 6.07 Å². The van der Waals surface area contributed by atoms with Crippen molar-refractivity contribution in [3.63, 3.8) is 0 Å². The standard InChI is InChI=1S/C16H25NO2/c1-4-14-7-5-6-10-17(14)12-13-8-9-15(18-2)16(11-13)19-3/h8-9,11,14H,4-7,10,12H2,1-3H3/t14-/m0/s1. The van der Waals surface area contributed by atoms with Crippen LogP contribution in [0.4, 0.5) is 0 Å². The van der Waals surface area contributed by atoms with Gasteiger partial charge in [0.2, 0.25) is 0 Å². The van der Waals surface area contributed by atoms with Crippen LogP contribution >= 0.6 is 0 Å². The highest BCUT2D eigenvalue weighted by atomic mass is 16.5. The van der Waals surface area contributed by atoms with E-state index in [-0.39, 0.29) is 0 Å². The first-order chi connectivity index (χ1) is 9.28. The van der Waals surface area contributed by atoms with Crippen molar-refractivity contribution >= 4 is 0 Å². The van der Waals surface area contributed by atoms with E-state index in [0.717, 1.165) is 24.1 Å². The van der Waals surface area contributed by atoms with Gasteiger partial charge in [-0.15, -0.1) is 0 Å². The van der Waals surface area contributed by atoms with Crippen molar-refractivity contribution in [1.29, 1.82) is 0 Å². The number of hydrogen-bond donors (Lipinski definition) is 0. The molecule has 0 saturated carbocycles. The molecular weight excluding hydrogens is 238 g/mol. The minimum atomic E-state index is 0.738. The normalized spacial score (nSPS) is 20.3. The predicted octanol–water partition coefficient (Wildman–Crippen LogP) is 3.47. The SMILES string of the molecule is CC[C@H]1CCCCN1Cc1ccc(OC)c(OC)c1. The van der Waals surface area contributed by atoms with Gasteiger partial charge in [-0.3, -0.25) is 4.90 Å². The summed E-state index contributed by atoms with van der Waals surface area (Å²) in [7, 11) is 3.37. The molecule has 3 heteroatoms. The zero-order chi connectivity index (χ0) is 13.7. The third-order valence-electron chi connectivity index (χ3n) is 4.05. The van der Waals surface area contributed by atoms with Gasteiger partial charge in [-0.25, -0.2) is 0 Å². The minimum absolute atomic E-state index is 0.738. The first-order valence-corrected chi connectivity index (χ1v) is 7.23. The molecule has 0 unspecified atom stereocenters. The van der Waals surface area contributed by atoms with Gasteiger partial charge >= 0.3 is 0 Å². The lowest BCUT2D eigenvalue weighted by Gasteiger charge is -2.35. The van der Waals surface area contributed by atoms with Crippen molar-refractivity contribution < 1.29 is 9.47 Å². The van der Waals surface area contributed by atoms with Crippen LogP contribution < -0.4 is 9.47 Å². The van der Waals surface area contributed by atoms with Crippen molar-refractivity contribution in [3.05, 3.63) is 23.8 Å². The fourth-order valence-corrected chi connectivity index (χ4v) is 2.94. The molecular formula is C16H25NO2. The molecule has 1 saturated heterocycles. The number of likely N-dealkylation sites (tertiary alicyclic amines) is 1. The molecule has 1 aliphatic rings. The summed E-state index contributed by atoms with van der Waals surface area (Å²) in [5, 5.41) is 0. The molecule has 1 aromatic rings. The summed E-state index contributed by atoms with van der Waals surface area (Å²) in [6, 6.07) is 6.98. The quantitative estimate of drug-likeness (QED) is 0.812. The highest BCUT2D eigenvalue weighted by Crippen LogP contribution is 2.29. The number of hydrogen-bond acceptors (Lipinski definition) is 3. The monoisotopic (exact) mass is 263 g/mol. The van der Waals surface area contributed by atoms with Gasteiger partial charge in [0.15, 0.2) is 11.5 Å². The molecule has 0 aliphatic carbocycles. The Balaban J connectivity index is 2.09. The summed E-state index contributed by atoms with van der Waals surface area (Å²) in [4.78, 5) is 2.60. The summed E-state index contributed by atoms with van der Waals surface area (Å²) in [6.07, 6.45) is 5.28. The number of piperidine rings is 1. The van der Waals surface area contributed by atoms with Crippen LogP contribution in [0.15, 0.2) is 18.2 Å². The van der Waals surface area contributed by atoms with E-state index in [1.165, 1.54) is 37.8 Å². The lowest BCUT2D eigenvalue weighted by Crippen LogP contribution is -2.38. The van der Waals surface area contributed by atoms with E-state index in [4.69, 9.17) is 9.47 Å². The molecule has 1 fully saturated rings. The second-order valence-corrected chi connectivity index (χ2v) is 5.22. The maximum atomic E-state index is 5.38. The van der Waals surface area contributed by atoms with Gasteiger partial charge in [-0.05, 0) is 43.5 Å². The minimum Gasteiger partial charge on any atom is -0.493 e. The Morgan fingerprint density at radius 1 is 1.16 bits per heavy atom. The van der Waals surface area contributed by atoms with Gasteiger partial charge in [0.25, 0.3) is 0 Å². The summed E-state index contributed by atoms with van der Waals surface area (Å²) in [6.45, 7) is 4.52. The van der Waals surface area contributed by atoms with Crippen LogP contribution in [0, 0.1) is 0 Å². The van der Waals surface area contributed by atoms with Crippen LogP contribution in [-0.2, 0) is 6.54 Å². The van der Waals surface area contributed by atoms with Crippen molar-refractivity contribution in [1.82, 2.24) is 4.90 Å². The smallest absolute Gasteiger partial charge is 0.161 e. The summed E-state index contributed by atoms with van der Waals surface area (Å²) < 4.78 is 10.7. The Bertz CT molecular complexity index is 406. The fourth-order valence-electron chi connectivity index (χ4n) is 2.94. The van der Waals surface area contributed by atoms with E-state index < -0.39 is 0 Å². The Morgan fingerprint density at radius 3 is 2.63 bits per heavy atom. The average molecular weight is 263 g/mol. The average Bonchev–Trinajstić information content (AvgIpc) is 2.47. The van der Waals surface area contributed by atoms with Gasteiger partial charge < -0.3 is 9.47 Å². The first-order valence-electron chi connectivity index (χ1n) is 7.23. The Kier molecular flexibility index (Phi) is 5.08. The first kappa shape index (κ1) is 14.2. The zero-order valence-corrected chi connectivity index (χ0v) is 12.3.